The molecule has 15 heavy (non-hydrogen) atoms. The zero-order chi connectivity index (χ0) is 10.7. The van der Waals surface area contributed by atoms with Crippen molar-refractivity contribution in [1.29, 1.82) is 5.26 Å². The van der Waals surface area contributed by atoms with Gasteiger partial charge < -0.3 is 4.74 Å². The second-order valence-electron chi connectivity index (χ2n) is 3.83. The van der Waals surface area contributed by atoms with Gasteiger partial charge in [-0.2, -0.15) is 5.26 Å². The lowest BCUT2D eigenvalue weighted by Gasteiger charge is -2.31. The van der Waals surface area contributed by atoms with Crippen molar-refractivity contribution >= 4 is 11.6 Å². The second-order valence-corrected chi connectivity index (χ2v) is 4.24. The lowest BCUT2D eigenvalue weighted by Crippen LogP contribution is -2.34. The average Bonchev–Trinajstić information content (AvgIpc) is 2.30. The van der Waals surface area contributed by atoms with E-state index in [2.05, 4.69) is 6.07 Å². The summed E-state index contributed by atoms with van der Waals surface area (Å²) in [7, 11) is 0. The van der Waals surface area contributed by atoms with E-state index in [0.29, 0.717) is 11.6 Å². The molecule has 0 aliphatic carbocycles. The van der Waals surface area contributed by atoms with E-state index in [-0.39, 0.29) is 0 Å². The van der Waals surface area contributed by atoms with Crippen LogP contribution in [0.3, 0.4) is 0 Å². The number of nitriles is 1. The van der Waals surface area contributed by atoms with E-state index in [1.54, 1.807) is 0 Å². The number of benzene rings is 1. The summed E-state index contributed by atoms with van der Waals surface area (Å²) in [5.74, 6) is 0. The summed E-state index contributed by atoms with van der Waals surface area (Å²) in [6, 6.07) is 9.89. The Morgan fingerprint density at radius 1 is 1.40 bits per heavy atom. The van der Waals surface area contributed by atoms with Gasteiger partial charge in [0.15, 0.2) is 0 Å². The Balaban J connectivity index is 2.42. The monoisotopic (exact) mass is 221 g/mol. The summed E-state index contributed by atoms with van der Waals surface area (Å²) < 4.78 is 5.40. The maximum Gasteiger partial charge on any atom is 0.107 e. The summed E-state index contributed by atoms with van der Waals surface area (Å²) in [4.78, 5) is 0. The van der Waals surface area contributed by atoms with Crippen LogP contribution >= 0.6 is 11.6 Å². The topological polar surface area (TPSA) is 33.0 Å². The van der Waals surface area contributed by atoms with Crippen LogP contribution < -0.4 is 0 Å². The zero-order valence-electron chi connectivity index (χ0n) is 8.37. The first kappa shape index (κ1) is 10.5. The molecule has 0 radical (unpaired) electrons. The molecule has 0 amide bonds. The number of rotatable bonds is 1. The molecule has 78 valence electrons. The number of halogens is 1. The molecule has 1 saturated heterocycles. The molecule has 1 aliphatic rings. The highest BCUT2D eigenvalue weighted by molar-refractivity contribution is 6.31. The minimum Gasteiger partial charge on any atom is -0.379 e. The highest BCUT2D eigenvalue weighted by Gasteiger charge is 2.36. The van der Waals surface area contributed by atoms with Crippen molar-refractivity contribution in [2.45, 2.75) is 18.3 Å². The molecule has 1 aliphatic heterocycles. The normalized spacial score (nSPS) is 25.9. The molecular weight excluding hydrogens is 210 g/mol. The van der Waals surface area contributed by atoms with Gasteiger partial charge in [0.05, 0.1) is 12.7 Å². The lowest BCUT2D eigenvalue weighted by molar-refractivity contribution is 0.0563. The third-order valence-electron chi connectivity index (χ3n) is 2.84. The molecule has 0 bridgehead atoms. The van der Waals surface area contributed by atoms with Gasteiger partial charge in [-0.05, 0) is 24.5 Å². The molecule has 2 rings (SSSR count). The predicted molar refractivity (Wildman–Crippen MR) is 58.8 cm³/mol. The molecule has 1 aromatic rings. The molecule has 0 saturated carbocycles. The fraction of sp³-hybridized carbons (Fsp3) is 0.417. The maximum atomic E-state index is 9.33. The Hall–Kier alpha value is -1.04. The van der Waals surface area contributed by atoms with E-state index in [4.69, 9.17) is 16.3 Å². The molecule has 1 aromatic carbocycles. The quantitative estimate of drug-likeness (QED) is 0.731. The minimum atomic E-state index is -0.545. The van der Waals surface area contributed by atoms with Crippen molar-refractivity contribution in [3.8, 4) is 6.07 Å². The number of hydrogen-bond donors (Lipinski definition) is 0. The van der Waals surface area contributed by atoms with E-state index in [1.807, 2.05) is 24.3 Å². The lowest BCUT2D eigenvalue weighted by atomic mass is 9.77. The van der Waals surface area contributed by atoms with Gasteiger partial charge >= 0.3 is 0 Å². The molecule has 1 unspecified atom stereocenters. The minimum absolute atomic E-state index is 0.452. The van der Waals surface area contributed by atoms with Crippen LogP contribution in [0, 0.1) is 11.3 Å². The molecule has 0 aromatic heterocycles. The average molecular weight is 222 g/mol. The molecule has 1 heterocycles. The maximum absolute atomic E-state index is 9.33. The number of nitrogens with zero attached hydrogens (tertiary/aromatic N) is 1. The highest BCUT2D eigenvalue weighted by atomic mass is 35.5. The Morgan fingerprint density at radius 3 is 2.80 bits per heavy atom. The van der Waals surface area contributed by atoms with Gasteiger partial charge in [0.1, 0.15) is 5.41 Å². The first-order chi connectivity index (χ1) is 7.28. The zero-order valence-corrected chi connectivity index (χ0v) is 9.13. The smallest absolute Gasteiger partial charge is 0.107 e. The molecule has 0 spiro atoms. The van der Waals surface area contributed by atoms with Crippen LogP contribution in [0.15, 0.2) is 24.3 Å². The molecule has 1 atom stereocenters. The van der Waals surface area contributed by atoms with Crippen molar-refractivity contribution < 1.29 is 4.74 Å². The van der Waals surface area contributed by atoms with Gasteiger partial charge in [-0.15, -0.1) is 0 Å². The van der Waals surface area contributed by atoms with E-state index >= 15 is 0 Å². The fourth-order valence-electron chi connectivity index (χ4n) is 2.00. The fourth-order valence-corrected chi connectivity index (χ4v) is 2.32. The molecule has 3 heteroatoms. The summed E-state index contributed by atoms with van der Waals surface area (Å²) >= 11 is 6.12. The van der Waals surface area contributed by atoms with Crippen LogP contribution in [0.4, 0.5) is 0 Å². The molecule has 0 N–H and O–H groups in total. The van der Waals surface area contributed by atoms with Crippen molar-refractivity contribution in [3.05, 3.63) is 34.9 Å². The number of hydrogen-bond acceptors (Lipinski definition) is 2. The van der Waals surface area contributed by atoms with Crippen molar-refractivity contribution in [3.63, 3.8) is 0 Å². The summed E-state index contributed by atoms with van der Waals surface area (Å²) in [5.41, 5.74) is 0.352. The van der Waals surface area contributed by atoms with E-state index < -0.39 is 5.41 Å². The molecule has 1 fully saturated rings. The van der Waals surface area contributed by atoms with Crippen LogP contribution in [0.2, 0.25) is 5.02 Å². The van der Waals surface area contributed by atoms with Crippen LogP contribution in [-0.2, 0) is 10.2 Å². The van der Waals surface area contributed by atoms with Gasteiger partial charge in [-0.3, -0.25) is 0 Å². The van der Waals surface area contributed by atoms with Gasteiger partial charge in [-0.25, -0.2) is 0 Å². The Morgan fingerprint density at radius 2 is 2.20 bits per heavy atom. The SMILES string of the molecule is N#CC1(c2ccccc2Cl)CCCOC1. The van der Waals surface area contributed by atoms with Crippen LogP contribution in [0.5, 0.6) is 0 Å². The third kappa shape index (κ3) is 1.86. The van der Waals surface area contributed by atoms with Crippen molar-refractivity contribution in [1.82, 2.24) is 0 Å². The van der Waals surface area contributed by atoms with Crippen molar-refractivity contribution in [2.75, 3.05) is 13.2 Å². The first-order valence-corrected chi connectivity index (χ1v) is 5.40. The van der Waals surface area contributed by atoms with Gasteiger partial charge in [-0.1, -0.05) is 29.8 Å². The van der Waals surface area contributed by atoms with Gasteiger partial charge in [0.25, 0.3) is 0 Å². The van der Waals surface area contributed by atoms with E-state index in [9.17, 15) is 5.26 Å². The highest BCUT2D eigenvalue weighted by Crippen LogP contribution is 2.36. The summed E-state index contributed by atoms with van der Waals surface area (Å²) in [6.45, 7) is 1.20. The summed E-state index contributed by atoms with van der Waals surface area (Å²) in [6.07, 6.45) is 1.74. The predicted octanol–water partition coefficient (Wildman–Crippen LogP) is 2.91. The molecule has 2 nitrogen and oxygen atoms in total. The van der Waals surface area contributed by atoms with Crippen LogP contribution in [0.25, 0.3) is 0 Å². The second kappa shape index (κ2) is 4.22. The van der Waals surface area contributed by atoms with Gasteiger partial charge in [0.2, 0.25) is 0 Å². The van der Waals surface area contributed by atoms with E-state index in [1.165, 1.54) is 0 Å². The van der Waals surface area contributed by atoms with Crippen LogP contribution in [0.1, 0.15) is 18.4 Å². The number of ether oxygens (including phenoxy) is 1. The molecular formula is C12H12ClNO. The van der Waals surface area contributed by atoms with Gasteiger partial charge in [0, 0.05) is 11.6 Å². The standard InChI is InChI=1S/C12H12ClNO/c13-11-5-2-1-4-10(11)12(8-14)6-3-7-15-9-12/h1-2,4-5H,3,6-7,9H2. The Kier molecular flexibility index (Phi) is 2.95. The largest absolute Gasteiger partial charge is 0.379 e. The first-order valence-electron chi connectivity index (χ1n) is 5.02. The third-order valence-corrected chi connectivity index (χ3v) is 3.17. The van der Waals surface area contributed by atoms with Crippen molar-refractivity contribution in [2.24, 2.45) is 0 Å². The summed E-state index contributed by atoms with van der Waals surface area (Å²) in [5, 5.41) is 9.99. The van der Waals surface area contributed by atoms with E-state index in [0.717, 1.165) is 25.0 Å². The Labute approximate surface area is 94.4 Å². The van der Waals surface area contributed by atoms with Crippen LogP contribution in [-0.4, -0.2) is 13.2 Å². The Bertz CT molecular complexity index is 391.